The van der Waals surface area contributed by atoms with E-state index < -0.39 is 22.0 Å². The van der Waals surface area contributed by atoms with Crippen molar-refractivity contribution < 1.29 is 22.1 Å². The topological polar surface area (TPSA) is 87.9 Å². The van der Waals surface area contributed by atoms with Crippen LogP contribution in [0, 0.1) is 0 Å². The van der Waals surface area contributed by atoms with Gasteiger partial charge in [-0.3, -0.25) is 4.18 Å². The van der Waals surface area contributed by atoms with E-state index in [0.717, 1.165) is 11.8 Å². The van der Waals surface area contributed by atoms with Gasteiger partial charge in [0, 0.05) is 12.8 Å². The number of methoxy groups -OCH3 is 1. The first-order chi connectivity index (χ1) is 9.13. The molecule has 0 bridgehead atoms. The molecule has 0 spiro atoms. The second-order valence-electron chi connectivity index (χ2n) is 4.87. The van der Waals surface area contributed by atoms with E-state index >= 15 is 0 Å². The molecular weight excluding hydrogens is 282 g/mol. The molecule has 0 saturated heterocycles. The molecule has 0 fully saturated rings. The fraction of sp³-hybridized carbons (Fsp3) is 0.538. The van der Waals surface area contributed by atoms with E-state index in [0.29, 0.717) is 5.69 Å². The highest BCUT2D eigenvalue weighted by atomic mass is 32.2. The van der Waals surface area contributed by atoms with Gasteiger partial charge in [0.25, 0.3) is 10.1 Å². The minimum atomic E-state index is -3.54. The first-order valence-electron chi connectivity index (χ1n) is 6.06. The van der Waals surface area contributed by atoms with Crippen molar-refractivity contribution in [1.82, 2.24) is 0 Å². The van der Waals surface area contributed by atoms with Crippen LogP contribution in [0.1, 0.15) is 25.5 Å². The fourth-order valence-corrected chi connectivity index (χ4v) is 1.86. The van der Waals surface area contributed by atoms with Gasteiger partial charge in [0.15, 0.2) is 5.79 Å². The quantitative estimate of drug-likeness (QED) is 0.468. The Labute approximate surface area is 120 Å². The molecule has 0 aliphatic carbocycles. The van der Waals surface area contributed by atoms with Crippen molar-refractivity contribution in [3.05, 3.63) is 29.8 Å². The Morgan fingerprint density at radius 3 is 2.25 bits per heavy atom. The van der Waals surface area contributed by atoms with Crippen LogP contribution >= 0.6 is 0 Å². The van der Waals surface area contributed by atoms with Gasteiger partial charge in [0.05, 0.1) is 12.9 Å². The van der Waals surface area contributed by atoms with E-state index in [1.54, 1.807) is 38.1 Å². The highest BCUT2D eigenvalue weighted by Gasteiger charge is 2.25. The monoisotopic (exact) mass is 303 g/mol. The summed E-state index contributed by atoms with van der Waals surface area (Å²) >= 11 is 0. The summed E-state index contributed by atoms with van der Waals surface area (Å²) in [6.07, 6.45) is 0.411. The maximum absolute atomic E-state index is 11.1. The Kier molecular flexibility index (Phi) is 5.52. The molecule has 114 valence electrons. The first kappa shape index (κ1) is 16.9. The van der Waals surface area contributed by atoms with Crippen molar-refractivity contribution in [2.24, 2.45) is 0 Å². The molecular formula is C13H21NO5S. The Balaban J connectivity index is 2.91. The lowest BCUT2D eigenvalue weighted by Crippen LogP contribution is -2.31. The van der Waals surface area contributed by atoms with E-state index in [1.165, 1.54) is 7.11 Å². The molecule has 2 N–H and O–H groups in total. The van der Waals surface area contributed by atoms with Crippen LogP contribution in [0.2, 0.25) is 0 Å². The predicted octanol–water partition coefficient (Wildman–Crippen LogP) is 1.69. The van der Waals surface area contributed by atoms with Gasteiger partial charge in [0.2, 0.25) is 0 Å². The lowest BCUT2D eigenvalue weighted by Gasteiger charge is -2.29. The van der Waals surface area contributed by atoms with Crippen molar-refractivity contribution in [3.8, 4) is 0 Å². The van der Waals surface area contributed by atoms with Crippen LogP contribution in [0.5, 0.6) is 0 Å². The normalized spacial score (nSPS) is 14.2. The fourth-order valence-electron chi connectivity index (χ4n) is 1.49. The number of hydrogen-bond donors (Lipinski definition) is 1. The average molecular weight is 303 g/mol. The third-order valence-electron chi connectivity index (χ3n) is 2.66. The van der Waals surface area contributed by atoms with Gasteiger partial charge >= 0.3 is 0 Å². The number of ether oxygens (including phenoxy) is 2. The van der Waals surface area contributed by atoms with E-state index in [1.807, 2.05) is 0 Å². The van der Waals surface area contributed by atoms with E-state index in [9.17, 15) is 8.42 Å². The highest BCUT2D eigenvalue weighted by molar-refractivity contribution is 7.85. The maximum atomic E-state index is 11.1. The van der Waals surface area contributed by atoms with Crippen LogP contribution in [0.3, 0.4) is 0 Å². The first-order valence-corrected chi connectivity index (χ1v) is 7.87. The number of hydrogen-bond acceptors (Lipinski definition) is 6. The van der Waals surface area contributed by atoms with Gasteiger partial charge in [-0.1, -0.05) is 12.1 Å². The second-order valence-corrected chi connectivity index (χ2v) is 6.51. The Morgan fingerprint density at radius 2 is 1.80 bits per heavy atom. The molecule has 1 atom stereocenters. The summed E-state index contributed by atoms with van der Waals surface area (Å²) in [6, 6.07) is 6.95. The van der Waals surface area contributed by atoms with Crippen molar-refractivity contribution >= 4 is 15.8 Å². The molecule has 0 aliphatic rings. The van der Waals surface area contributed by atoms with E-state index in [-0.39, 0.29) is 6.61 Å². The SMILES string of the molecule is COC(C)(C)OC(COS(C)(=O)=O)c1ccc(N)cc1. The Morgan fingerprint density at radius 1 is 1.25 bits per heavy atom. The molecule has 1 unspecified atom stereocenters. The van der Waals surface area contributed by atoms with Crippen LogP contribution in [-0.4, -0.2) is 34.2 Å². The standard InChI is InChI=1S/C13H21NO5S/c1-13(2,17-3)19-12(9-18-20(4,15)16)10-5-7-11(14)8-6-10/h5-8,12H,9,14H2,1-4H3. The van der Waals surface area contributed by atoms with E-state index in [2.05, 4.69) is 0 Å². The Hall–Kier alpha value is -1.15. The zero-order valence-corrected chi connectivity index (χ0v) is 12.9. The van der Waals surface area contributed by atoms with Crippen molar-refractivity contribution in [2.45, 2.75) is 25.7 Å². The summed E-state index contributed by atoms with van der Waals surface area (Å²) in [5.41, 5.74) is 7.00. The number of anilines is 1. The molecule has 6 nitrogen and oxygen atoms in total. The third-order valence-corrected chi connectivity index (χ3v) is 3.22. The van der Waals surface area contributed by atoms with Crippen LogP contribution in [0.15, 0.2) is 24.3 Å². The minimum absolute atomic E-state index is 0.129. The molecule has 1 rings (SSSR count). The summed E-state index contributed by atoms with van der Waals surface area (Å²) in [5.74, 6) is -0.868. The van der Waals surface area contributed by atoms with Gasteiger partial charge < -0.3 is 15.2 Å². The molecule has 0 aromatic heterocycles. The number of benzene rings is 1. The molecule has 0 radical (unpaired) electrons. The summed E-state index contributed by atoms with van der Waals surface area (Å²) < 4.78 is 38.0. The van der Waals surface area contributed by atoms with E-state index in [4.69, 9.17) is 19.4 Å². The second kappa shape index (κ2) is 6.53. The lowest BCUT2D eigenvalue weighted by atomic mass is 10.1. The molecule has 1 aromatic rings. The number of nitrogens with two attached hydrogens (primary N) is 1. The summed E-state index contributed by atoms with van der Waals surface area (Å²) in [6.45, 7) is 3.34. The lowest BCUT2D eigenvalue weighted by molar-refractivity contribution is -0.230. The van der Waals surface area contributed by atoms with Gasteiger partial charge in [0.1, 0.15) is 6.10 Å². The van der Waals surface area contributed by atoms with Crippen LogP contribution < -0.4 is 5.73 Å². The predicted molar refractivity (Wildman–Crippen MR) is 76.6 cm³/mol. The summed E-state index contributed by atoms with van der Waals surface area (Å²) in [4.78, 5) is 0. The van der Waals surface area contributed by atoms with Crippen molar-refractivity contribution in [3.63, 3.8) is 0 Å². The number of nitrogen functional groups attached to an aromatic ring is 1. The van der Waals surface area contributed by atoms with Gasteiger partial charge in [-0.2, -0.15) is 8.42 Å². The zero-order valence-electron chi connectivity index (χ0n) is 12.1. The molecule has 20 heavy (non-hydrogen) atoms. The van der Waals surface area contributed by atoms with Crippen LogP contribution in [-0.2, 0) is 23.8 Å². The van der Waals surface area contributed by atoms with Crippen molar-refractivity contribution in [2.75, 3.05) is 25.7 Å². The smallest absolute Gasteiger partial charge is 0.264 e. The molecule has 0 amide bonds. The van der Waals surface area contributed by atoms with Crippen LogP contribution in [0.25, 0.3) is 0 Å². The molecule has 0 saturated carbocycles. The minimum Gasteiger partial charge on any atom is -0.399 e. The van der Waals surface area contributed by atoms with Gasteiger partial charge in [-0.15, -0.1) is 0 Å². The number of rotatable bonds is 7. The molecule has 0 heterocycles. The summed E-state index contributed by atoms with van der Waals surface area (Å²) in [5, 5.41) is 0. The Bertz CT molecular complexity index is 524. The summed E-state index contributed by atoms with van der Waals surface area (Å²) in [7, 11) is -2.03. The van der Waals surface area contributed by atoms with Gasteiger partial charge in [-0.25, -0.2) is 0 Å². The largest absolute Gasteiger partial charge is 0.399 e. The van der Waals surface area contributed by atoms with Crippen molar-refractivity contribution in [1.29, 1.82) is 0 Å². The highest BCUT2D eigenvalue weighted by Crippen LogP contribution is 2.26. The maximum Gasteiger partial charge on any atom is 0.264 e. The molecule has 1 aromatic carbocycles. The molecule has 7 heteroatoms. The molecule has 0 aliphatic heterocycles. The third kappa shape index (κ3) is 5.87. The zero-order chi connectivity index (χ0) is 15.4. The average Bonchev–Trinajstić information content (AvgIpc) is 2.34. The van der Waals surface area contributed by atoms with Gasteiger partial charge in [-0.05, 0) is 31.5 Å². The van der Waals surface area contributed by atoms with Crippen LogP contribution in [0.4, 0.5) is 5.69 Å².